The van der Waals surface area contributed by atoms with E-state index in [2.05, 4.69) is 26.0 Å². The highest BCUT2D eigenvalue weighted by atomic mass is 31.2. The fourth-order valence-corrected chi connectivity index (χ4v) is 9.28. The summed E-state index contributed by atoms with van der Waals surface area (Å²) in [6.07, 6.45) is 57.0. The summed E-state index contributed by atoms with van der Waals surface area (Å²) in [5.74, 6) is -0.778. The number of phosphoric acid groups is 1. The first-order valence-corrected chi connectivity index (χ1v) is 30.4. The Balaban J connectivity index is 4.12. The maximum atomic E-state index is 12.8. The number of rotatable bonds is 54. The summed E-state index contributed by atoms with van der Waals surface area (Å²) in [5.41, 5.74) is 0. The molecule has 0 rings (SSSR count). The average molecular weight is 972 g/mol. The van der Waals surface area contributed by atoms with Crippen molar-refractivity contribution in [1.82, 2.24) is 0 Å². The molecule has 0 heterocycles. The van der Waals surface area contributed by atoms with Crippen LogP contribution in [0.4, 0.5) is 0 Å². The van der Waals surface area contributed by atoms with Crippen molar-refractivity contribution >= 4 is 19.8 Å². The van der Waals surface area contributed by atoms with E-state index in [0.717, 1.165) is 32.1 Å². The van der Waals surface area contributed by atoms with Crippen LogP contribution in [0.5, 0.6) is 0 Å². The van der Waals surface area contributed by atoms with Crippen LogP contribution in [0.3, 0.4) is 0 Å². The van der Waals surface area contributed by atoms with Gasteiger partial charge in [-0.3, -0.25) is 18.6 Å². The number of phosphoric ester groups is 1. The first-order valence-electron chi connectivity index (χ1n) is 28.9. The van der Waals surface area contributed by atoms with Crippen LogP contribution >= 0.6 is 7.82 Å². The van der Waals surface area contributed by atoms with Gasteiger partial charge in [0.05, 0.1) is 27.7 Å². The lowest BCUT2D eigenvalue weighted by Gasteiger charge is -2.24. The molecule has 67 heavy (non-hydrogen) atoms. The van der Waals surface area contributed by atoms with Crippen LogP contribution in [0.15, 0.2) is 12.2 Å². The van der Waals surface area contributed by atoms with Crippen LogP contribution in [0.1, 0.15) is 290 Å². The summed E-state index contributed by atoms with van der Waals surface area (Å²) < 4.78 is 34.6. The number of hydrogen-bond donors (Lipinski definition) is 1. The topological polar surface area (TPSA) is 108 Å². The minimum atomic E-state index is -4.38. The lowest BCUT2D eigenvalue weighted by molar-refractivity contribution is -0.870. The maximum absolute atomic E-state index is 12.8. The number of carbonyl (C=O) groups excluding carboxylic acids is 2. The average Bonchev–Trinajstić information content (AvgIpc) is 3.29. The number of allylic oxidation sites excluding steroid dienone is 2. The summed E-state index contributed by atoms with van der Waals surface area (Å²) in [5, 5.41) is 0. The van der Waals surface area contributed by atoms with Crippen LogP contribution in [0.25, 0.3) is 0 Å². The molecule has 0 bridgehead atoms. The highest BCUT2D eigenvalue weighted by molar-refractivity contribution is 7.47. The van der Waals surface area contributed by atoms with Crippen LogP contribution in [-0.2, 0) is 32.7 Å². The maximum Gasteiger partial charge on any atom is 0.472 e. The van der Waals surface area contributed by atoms with Gasteiger partial charge in [-0.1, -0.05) is 251 Å². The van der Waals surface area contributed by atoms with Gasteiger partial charge in [-0.2, -0.15) is 0 Å². The number of quaternary nitrogens is 1. The highest BCUT2D eigenvalue weighted by Gasteiger charge is 2.27. The summed E-state index contributed by atoms with van der Waals surface area (Å²) >= 11 is 0. The van der Waals surface area contributed by atoms with Gasteiger partial charge in [0.25, 0.3) is 0 Å². The van der Waals surface area contributed by atoms with E-state index in [1.54, 1.807) is 0 Å². The van der Waals surface area contributed by atoms with E-state index >= 15 is 0 Å². The number of hydrogen-bond acceptors (Lipinski definition) is 7. The van der Waals surface area contributed by atoms with E-state index in [-0.39, 0.29) is 25.6 Å². The number of ether oxygens (including phenoxy) is 2. The molecule has 0 saturated heterocycles. The van der Waals surface area contributed by atoms with E-state index in [9.17, 15) is 19.0 Å². The monoisotopic (exact) mass is 971 g/mol. The Morgan fingerprint density at radius 2 is 0.761 bits per heavy atom. The van der Waals surface area contributed by atoms with E-state index in [0.29, 0.717) is 23.9 Å². The number of esters is 2. The Morgan fingerprint density at radius 3 is 1.10 bits per heavy atom. The molecule has 0 aromatic carbocycles. The van der Waals surface area contributed by atoms with Crippen molar-refractivity contribution in [2.24, 2.45) is 0 Å². The van der Waals surface area contributed by atoms with Gasteiger partial charge in [0.2, 0.25) is 0 Å². The number of carbonyl (C=O) groups is 2. The third-order valence-electron chi connectivity index (χ3n) is 13.0. The van der Waals surface area contributed by atoms with Crippen molar-refractivity contribution in [3.05, 3.63) is 12.2 Å². The first-order chi connectivity index (χ1) is 32.5. The van der Waals surface area contributed by atoms with E-state index < -0.39 is 26.5 Å². The van der Waals surface area contributed by atoms with Gasteiger partial charge in [0.15, 0.2) is 6.10 Å². The molecule has 0 aliphatic rings. The third-order valence-corrected chi connectivity index (χ3v) is 14.0. The van der Waals surface area contributed by atoms with Gasteiger partial charge >= 0.3 is 19.8 Å². The minimum Gasteiger partial charge on any atom is -0.462 e. The molecule has 9 nitrogen and oxygen atoms in total. The molecular formula is C57H113NO8P+. The molecule has 0 aliphatic heterocycles. The van der Waals surface area contributed by atoms with Crippen LogP contribution in [0, 0.1) is 0 Å². The molecule has 10 heteroatoms. The van der Waals surface area contributed by atoms with Gasteiger partial charge in [-0.25, -0.2) is 4.57 Å². The zero-order valence-corrected chi connectivity index (χ0v) is 46.1. The van der Waals surface area contributed by atoms with Crippen molar-refractivity contribution in [3.63, 3.8) is 0 Å². The van der Waals surface area contributed by atoms with E-state index in [1.807, 2.05) is 21.1 Å². The van der Waals surface area contributed by atoms with Crippen LogP contribution < -0.4 is 0 Å². The van der Waals surface area contributed by atoms with Gasteiger partial charge in [0.1, 0.15) is 19.8 Å². The smallest absolute Gasteiger partial charge is 0.462 e. The molecule has 0 radical (unpaired) electrons. The summed E-state index contributed by atoms with van der Waals surface area (Å²) in [4.78, 5) is 35.7. The normalized spacial score (nSPS) is 13.3. The van der Waals surface area contributed by atoms with Crippen molar-refractivity contribution in [2.75, 3.05) is 47.5 Å². The molecule has 0 aliphatic carbocycles. The van der Waals surface area contributed by atoms with Crippen LogP contribution in [-0.4, -0.2) is 74.9 Å². The van der Waals surface area contributed by atoms with Crippen molar-refractivity contribution in [2.45, 2.75) is 296 Å². The van der Waals surface area contributed by atoms with Crippen LogP contribution in [0.2, 0.25) is 0 Å². The number of unbranched alkanes of at least 4 members (excludes halogenated alkanes) is 38. The zero-order chi connectivity index (χ0) is 49.2. The number of likely N-dealkylation sites (N-methyl/N-ethyl adjacent to an activating group) is 1. The minimum absolute atomic E-state index is 0.0357. The van der Waals surface area contributed by atoms with Crippen molar-refractivity contribution in [3.8, 4) is 0 Å². The second kappa shape index (κ2) is 49.7. The Labute approximate surface area is 416 Å². The molecule has 0 aromatic rings. The van der Waals surface area contributed by atoms with Gasteiger partial charge < -0.3 is 18.9 Å². The lowest BCUT2D eigenvalue weighted by atomic mass is 10.0. The molecule has 0 aromatic heterocycles. The lowest BCUT2D eigenvalue weighted by Crippen LogP contribution is -2.37. The highest BCUT2D eigenvalue weighted by Crippen LogP contribution is 2.43. The number of nitrogens with zero attached hydrogens (tertiary/aromatic N) is 1. The third kappa shape index (κ3) is 53.9. The van der Waals surface area contributed by atoms with Crippen molar-refractivity contribution < 1.29 is 42.1 Å². The van der Waals surface area contributed by atoms with Gasteiger partial charge in [-0.05, 0) is 38.5 Å². The Hall–Kier alpha value is -1.25. The molecule has 398 valence electrons. The SMILES string of the molecule is CCCCCCCCCC/C=C\CCCCCCCCCCCCCCCC(=O)OC(COC(=O)CCCCCCCCCCCCCCCCCCCC)COP(=O)(O)OCC[N+](C)(C)C. The largest absolute Gasteiger partial charge is 0.472 e. The molecule has 2 atom stereocenters. The zero-order valence-electron chi connectivity index (χ0n) is 45.2. The molecule has 1 N–H and O–H groups in total. The predicted octanol–water partition coefficient (Wildman–Crippen LogP) is 17.7. The van der Waals surface area contributed by atoms with Crippen molar-refractivity contribution in [1.29, 1.82) is 0 Å². The predicted molar refractivity (Wildman–Crippen MR) is 284 cm³/mol. The van der Waals surface area contributed by atoms with E-state index in [1.165, 1.54) is 225 Å². The van der Waals surface area contributed by atoms with E-state index in [4.69, 9.17) is 18.5 Å². The second-order valence-corrected chi connectivity index (χ2v) is 22.5. The fourth-order valence-electron chi connectivity index (χ4n) is 8.54. The molecule has 2 unspecified atom stereocenters. The summed E-state index contributed by atoms with van der Waals surface area (Å²) in [6, 6.07) is 0. The Morgan fingerprint density at radius 1 is 0.448 bits per heavy atom. The first kappa shape index (κ1) is 65.8. The molecular weight excluding hydrogens is 858 g/mol. The fraction of sp³-hybridized carbons (Fsp3) is 0.930. The quantitative estimate of drug-likeness (QED) is 0.0211. The summed E-state index contributed by atoms with van der Waals surface area (Å²) in [7, 11) is 1.50. The molecule has 0 amide bonds. The Kier molecular flexibility index (Phi) is 48.8. The second-order valence-electron chi connectivity index (χ2n) is 21.0. The molecule has 0 spiro atoms. The van der Waals surface area contributed by atoms with Gasteiger partial charge in [-0.15, -0.1) is 0 Å². The Bertz CT molecular complexity index is 1140. The van der Waals surface area contributed by atoms with Gasteiger partial charge in [0, 0.05) is 12.8 Å². The standard InChI is InChI=1S/C57H112NO8P/c1-6-8-10-12-14-16-18-20-22-24-26-27-28-29-30-31-32-34-36-38-40-42-44-46-48-50-57(60)66-55(54-65-67(61,62)64-52-51-58(3,4)5)53-63-56(59)49-47-45-43-41-39-37-35-33-25-23-21-19-17-15-13-11-9-7-2/h24,26,55H,6-23,25,27-54H2,1-5H3/p+1/b26-24-. The summed E-state index contributed by atoms with van der Waals surface area (Å²) in [6.45, 7) is 4.49. The molecule has 0 fully saturated rings. The molecule has 0 saturated carbocycles.